The van der Waals surface area contributed by atoms with Gasteiger partial charge in [-0.15, -0.1) is 0 Å². The van der Waals surface area contributed by atoms with Gasteiger partial charge >= 0.3 is 12.1 Å². The Morgan fingerprint density at radius 2 is 2.04 bits per heavy atom. The summed E-state index contributed by atoms with van der Waals surface area (Å²) in [7, 11) is 0. The molecule has 0 radical (unpaired) electrons. The van der Waals surface area contributed by atoms with E-state index in [1.807, 2.05) is 20.8 Å². The van der Waals surface area contributed by atoms with Crippen LogP contribution < -0.4 is 0 Å². The van der Waals surface area contributed by atoms with E-state index in [2.05, 4.69) is 9.97 Å². The molecule has 0 saturated carbocycles. The first-order chi connectivity index (χ1) is 12.7. The van der Waals surface area contributed by atoms with Crippen molar-refractivity contribution in [2.45, 2.75) is 45.3 Å². The molecule has 27 heavy (non-hydrogen) atoms. The smallest absolute Gasteiger partial charge is 0.410 e. The second-order valence-electron chi connectivity index (χ2n) is 7.55. The number of hydrogen-bond donors (Lipinski definition) is 1. The number of amides is 1. The maximum atomic E-state index is 12.5. The van der Waals surface area contributed by atoms with Crippen LogP contribution in [0.25, 0.3) is 11.3 Å². The highest BCUT2D eigenvalue weighted by Gasteiger charge is 2.34. The van der Waals surface area contributed by atoms with Gasteiger partial charge in [-0.3, -0.25) is 9.88 Å². The van der Waals surface area contributed by atoms with E-state index in [-0.39, 0.29) is 17.7 Å². The molecule has 1 fully saturated rings. The van der Waals surface area contributed by atoms with Gasteiger partial charge in [0.15, 0.2) is 0 Å². The van der Waals surface area contributed by atoms with Gasteiger partial charge in [0.2, 0.25) is 0 Å². The molecule has 2 aromatic rings. The van der Waals surface area contributed by atoms with Crippen LogP contribution in [0.1, 0.15) is 55.7 Å². The zero-order valence-electron chi connectivity index (χ0n) is 15.7. The summed E-state index contributed by atoms with van der Waals surface area (Å²) in [6.45, 7) is 6.13. The summed E-state index contributed by atoms with van der Waals surface area (Å²) in [6, 6.07) is 6.37. The molecule has 1 unspecified atom stereocenters. The quantitative estimate of drug-likeness (QED) is 0.882. The number of likely N-dealkylation sites (tertiary alicyclic amines) is 1. The van der Waals surface area contributed by atoms with Crippen molar-refractivity contribution in [2.24, 2.45) is 0 Å². The van der Waals surface area contributed by atoms with Gasteiger partial charge in [0.25, 0.3) is 0 Å². The highest BCUT2D eigenvalue weighted by molar-refractivity contribution is 5.89. The van der Waals surface area contributed by atoms with Crippen molar-refractivity contribution in [3.63, 3.8) is 0 Å². The number of benzene rings is 1. The van der Waals surface area contributed by atoms with Crippen LogP contribution in [0, 0.1) is 0 Å². The third kappa shape index (κ3) is 4.42. The molecule has 7 heteroatoms. The van der Waals surface area contributed by atoms with Gasteiger partial charge in [0.1, 0.15) is 5.60 Å². The van der Waals surface area contributed by atoms with Crippen molar-refractivity contribution in [2.75, 3.05) is 6.54 Å². The zero-order valence-corrected chi connectivity index (χ0v) is 15.7. The van der Waals surface area contributed by atoms with Crippen molar-refractivity contribution < 1.29 is 19.4 Å². The first-order valence-electron chi connectivity index (χ1n) is 8.90. The third-order valence-corrected chi connectivity index (χ3v) is 4.28. The second-order valence-corrected chi connectivity index (χ2v) is 7.55. The molecule has 3 rings (SSSR count). The van der Waals surface area contributed by atoms with Gasteiger partial charge in [-0.05, 0) is 45.7 Å². The molecule has 2 heterocycles. The first-order valence-corrected chi connectivity index (χ1v) is 8.90. The average molecular weight is 369 g/mol. The molecule has 1 aromatic carbocycles. The largest absolute Gasteiger partial charge is 0.478 e. The summed E-state index contributed by atoms with van der Waals surface area (Å²) < 4.78 is 5.50. The van der Waals surface area contributed by atoms with Crippen LogP contribution in [-0.2, 0) is 4.74 Å². The Morgan fingerprint density at radius 1 is 1.26 bits per heavy atom. The molecular formula is C20H23N3O4. The maximum Gasteiger partial charge on any atom is 0.410 e. The lowest BCUT2D eigenvalue weighted by atomic mass is 10.1. The van der Waals surface area contributed by atoms with Gasteiger partial charge in [0.05, 0.1) is 35.4 Å². The molecule has 7 nitrogen and oxygen atoms in total. The Labute approximate surface area is 158 Å². The van der Waals surface area contributed by atoms with Crippen LogP contribution in [0.15, 0.2) is 36.7 Å². The number of aromatic nitrogens is 2. The van der Waals surface area contributed by atoms with Gasteiger partial charge < -0.3 is 9.84 Å². The summed E-state index contributed by atoms with van der Waals surface area (Å²) in [5.74, 6) is -0.993. The fraction of sp³-hybridized carbons (Fsp3) is 0.400. The van der Waals surface area contributed by atoms with E-state index in [1.54, 1.807) is 35.5 Å². The normalized spacial score (nSPS) is 17.0. The van der Waals surface area contributed by atoms with Crippen molar-refractivity contribution in [3.8, 4) is 11.3 Å². The van der Waals surface area contributed by atoms with E-state index in [0.717, 1.165) is 12.8 Å². The van der Waals surface area contributed by atoms with E-state index in [1.165, 1.54) is 6.07 Å². The summed E-state index contributed by atoms with van der Waals surface area (Å²) in [6.07, 6.45) is 4.54. The second kappa shape index (κ2) is 7.34. The summed E-state index contributed by atoms with van der Waals surface area (Å²) in [5.41, 5.74) is 1.56. The van der Waals surface area contributed by atoms with Crippen LogP contribution in [0.5, 0.6) is 0 Å². The van der Waals surface area contributed by atoms with Gasteiger partial charge in [-0.25, -0.2) is 14.6 Å². The van der Waals surface area contributed by atoms with Crippen LogP contribution in [0.4, 0.5) is 4.79 Å². The predicted molar refractivity (Wildman–Crippen MR) is 99.3 cm³/mol. The fourth-order valence-electron chi connectivity index (χ4n) is 3.11. The number of aromatic carboxylic acids is 1. The van der Waals surface area contributed by atoms with E-state index in [4.69, 9.17) is 4.74 Å². The molecule has 1 aliphatic heterocycles. The first kappa shape index (κ1) is 18.8. The van der Waals surface area contributed by atoms with E-state index in [9.17, 15) is 14.7 Å². The summed E-state index contributed by atoms with van der Waals surface area (Å²) >= 11 is 0. The standard InChI is InChI=1S/C20H23N3O4/c1-20(2,3)27-19(26)23-9-5-8-17(23)16-12-21-11-15(22-16)13-6-4-7-14(10-13)18(24)25/h4,6-7,10-12,17H,5,8-9H2,1-3H3,(H,24,25). The number of carboxylic acid groups (broad SMARTS) is 1. The van der Waals surface area contributed by atoms with E-state index < -0.39 is 11.6 Å². The minimum atomic E-state index is -0.993. The minimum absolute atomic E-state index is 0.191. The van der Waals surface area contributed by atoms with Crippen LogP contribution >= 0.6 is 0 Å². The number of carbonyl (C=O) groups is 2. The Bertz CT molecular complexity index is 860. The molecule has 1 aromatic heterocycles. The number of hydrogen-bond acceptors (Lipinski definition) is 5. The van der Waals surface area contributed by atoms with Crippen LogP contribution in [0.2, 0.25) is 0 Å². The Hall–Kier alpha value is -2.96. The summed E-state index contributed by atoms with van der Waals surface area (Å²) in [5, 5.41) is 9.18. The monoisotopic (exact) mass is 369 g/mol. The predicted octanol–water partition coefficient (Wildman–Crippen LogP) is 3.91. The number of carboxylic acids is 1. The fourth-order valence-corrected chi connectivity index (χ4v) is 3.11. The highest BCUT2D eigenvalue weighted by atomic mass is 16.6. The maximum absolute atomic E-state index is 12.5. The lowest BCUT2D eigenvalue weighted by molar-refractivity contribution is 0.0221. The highest BCUT2D eigenvalue weighted by Crippen LogP contribution is 2.32. The van der Waals surface area contributed by atoms with Crippen molar-refractivity contribution in [1.82, 2.24) is 14.9 Å². The molecule has 0 aliphatic carbocycles. The lowest BCUT2D eigenvalue weighted by Crippen LogP contribution is -2.36. The van der Waals surface area contributed by atoms with Gasteiger partial charge in [0, 0.05) is 12.1 Å². The number of nitrogens with zero attached hydrogens (tertiary/aromatic N) is 3. The Balaban J connectivity index is 1.87. The van der Waals surface area contributed by atoms with Gasteiger partial charge in [-0.2, -0.15) is 0 Å². The number of ether oxygens (including phenoxy) is 1. The lowest BCUT2D eigenvalue weighted by Gasteiger charge is -2.28. The van der Waals surface area contributed by atoms with Crippen LogP contribution in [-0.4, -0.2) is 44.2 Å². The molecule has 1 atom stereocenters. The number of rotatable bonds is 3. The van der Waals surface area contributed by atoms with E-state index >= 15 is 0 Å². The third-order valence-electron chi connectivity index (χ3n) is 4.28. The average Bonchev–Trinajstić information content (AvgIpc) is 3.10. The van der Waals surface area contributed by atoms with Crippen molar-refractivity contribution in [3.05, 3.63) is 47.9 Å². The zero-order chi connectivity index (χ0) is 19.6. The number of carbonyl (C=O) groups excluding carboxylic acids is 1. The Morgan fingerprint density at radius 3 is 2.74 bits per heavy atom. The topological polar surface area (TPSA) is 92.6 Å². The molecule has 142 valence electrons. The molecule has 1 aliphatic rings. The SMILES string of the molecule is CC(C)(C)OC(=O)N1CCCC1c1cncc(-c2cccc(C(=O)O)c2)n1. The molecule has 0 spiro atoms. The summed E-state index contributed by atoms with van der Waals surface area (Å²) in [4.78, 5) is 34.3. The molecular weight excluding hydrogens is 346 g/mol. The molecule has 1 N–H and O–H groups in total. The van der Waals surface area contributed by atoms with Crippen LogP contribution in [0.3, 0.4) is 0 Å². The Kier molecular flexibility index (Phi) is 5.12. The molecule has 0 bridgehead atoms. The van der Waals surface area contributed by atoms with Gasteiger partial charge in [-0.1, -0.05) is 12.1 Å². The van der Waals surface area contributed by atoms with Crippen molar-refractivity contribution >= 4 is 12.1 Å². The molecule has 1 saturated heterocycles. The molecule has 1 amide bonds. The van der Waals surface area contributed by atoms with Crippen molar-refractivity contribution in [1.29, 1.82) is 0 Å². The van der Waals surface area contributed by atoms with E-state index in [0.29, 0.717) is 23.5 Å². The minimum Gasteiger partial charge on any atom is -0.478 e.